The Morgan fingerprint density at radius 1 is 0.556 bits per heavy atom. The second kappa shape index (κ2) is 6.39. The van der Waals surface area contributed by atoms with Crippen molar-refractivity contribution in [1.82, 2.24) is 0 Å². The Kier molecular flexibility index (Phi) is 5.97. The maximum absolute atomic E-state index is 13.1. The Balaban J connectivity index is 6.46. The molecule has 0 aliphatic rings. The van der Waals surface area contributed by atoms with Crippen LogP contribution in [0.25, 0.3) is 0 Å². The lowest BCUT2D eigenvalue weighted by atomic mass is 9.90. The number of nitrogens with zero attached hydrogens (tertiary/aromatic N) is 1. The molecule has 0 aromatic rings. The van der Waals surface area contributed by atoms with Crippen molar-refractivity contribution in [2.45, 2.75) is 48.1 Å². The molecule has 1 amide bonds. The molecule has 0 aromatic carbocycles. The van der Waals surface area contributed by atoms with E-state index in [9.17, 15) is 75.6 Å². The van der Waals surface area contributed by atoms with E-state index in [0.717, 1.165) is 5.18 Å². The van der Waals surface area contributed by atoms with Gasteiger partial charge in [-0.2, -0.15) is 65.9 Å². The third-order valence-corrected chi connectivity index (χ3v) is 2.87. The highest BCUT2D eigenvalue weighted by Gasteiger charge is 2.93. The zero-order chi connectivity index (χ0) is 22.5. The summed E-state index contributed by atoms with van der Waals surface area (Å²) in [7, 11) is 0. The van der Waals surface area contributed by atoms with Crippen molar-refractivity contribution in [2.75, 3.05) is 0 Å². The second-order valence-corrected chi connectivity index (χ2v) is 4.74. The number of hydrogen-bond acceptors (Lipinski definition) is 2. The number of alkyl halides is 15. The molecule has 0 aliphatic heterocycles. The number of halogens is 15. The van der Waals surface area contributed by atoms with Crippen LogP contribution in [-0.2, 0) is 4.79 Å². The molecule has 0 N–H and O–H groups in total. The van der Waals surface area contributed by atoms with E-state index in [-0.39, 0.29) is 0 Å². The minimum Gasteiger partial charge on any atom is -0.269 e. The van der Waals surface area contributed by atoms with Gasteiger partial charge in [0, 0.05) is 5.18 Å². The molecular formula is C9H2F15NO2. The van der Waals surface area contributed by atoms with Crippen molar-refractivity contribution >= 4 is 5.91 Å². The van der Waals surface area contributed by atoms with Crippen LogP contribution in [-0.4, -0.2) is 47.6 Å². The van der Waals surface area contributed by atoms with Gasteiger partial charge >= 0.3 is 41.7 Å². The summed E-state index contributed by atoms with van der Waals surface area (Å²) in [6.45, 7) is 0. The van der Waals surface area contributed by atoms with Crippen LogP contribution >= 0.6 is 0 Å². The smallest absolute Gasteiger partial charge is 0.269 e. The molecule has 0 atom stereocenters. The molecule has 0 saturated heterocycles. The van der Waals surface area contributed by atoms with Gasteiger partial charge in [0.05, 0.1) is 0 Å². The van der Waals surface area contributed by atoms with Crippen molar-refractivity contribution in [1.29, 1.82) is 0 Å². The lowest BCUT2D eigenvalue weighted by Crippen LogP contribution is -2.72. The first-order valence-corrected chi connectivity index (χ1v) is 5.65. The van der Waals surface area contributed by atoms with E-state index < -0.39 is 54.0 Å². The summed E-state index contributed by atoms with van der Waals surface area (Å²) in [4.78, 5) is 19.7. The average Bonchev–Trinajstić information content (AvgIpc) is 2.44. The van der Waals surface area contributed by atoms with Gasteiger partial charge < -0.3 is 0 Å². The SMILES string of the molecule is O=NC(=O)CC(F)(F)C(F)(F)C(F)(F)C(F)(F)C(F)(F)C(F)(F)C(F)(F)F. The molecule has 0 heterocycles. The predicted octanol–water partition coefficient (Wildman–Crippen LogP) is 5.04. The van der Waals surface area contributed by atoms with Gasteiger partial charge in [0.1, 0.15) is 6.42 Å². The highest BCUT2D eigenvalue weighted by atomic mass is 19.4. The zero-order valence-electron chi connectivity index (χ0n) is 11.6. The Morgan fingerprint density at radius 2 is 0.852 bits per heavy atom. The Bertz CT molecular complexity index is 593. The van der Waals surface area contributed by atoms with Crippen molar-refractivity contribution in [3.63, 3.8) is 0 Å². The summed E-state index contributed by atoms with van der Waals surface area (Å²) in [5.74, 6) is -50.6. The maximum atomic E-state index is 13.1. The van der Waals surface area contributed by atoms with Crippen molar-refractivity contribution in [2.24, 2.45) is 5.18 Å². The summed E-state index contributed by atoms with van der Waals surface area (Å²) in [6, 6.07) is 0. The van der Waals surface area contributed by atoms with E-state index in [4.69, 9.17) is 0 Å². The molecule has 27 heavy (non-hydrogen) atoms. The van der Waals surface area contributed by atoms with E-state index >= 15 is 0 Å². The minimum atomic E-state index is -8.43. The minimum absolute atomic E-state index is 1.00. The molecule has 0 saturated carbocycles. The van der Waals surface area contributed by atoms with Gasteiger partial charge in [0.2, 0.25) is 0 Å². The first-order chi connectivity index (χ1) is 11.5. The van der Waals surface area contributed by atoms with Crippen LogP contribution in [0.4, 0.5) is 65.9 Å². The van der Waals surface area contributed by atoms with E-state index in [1.165, 1.54) is 0 Å². The normalized spacial score (nSPS) is 15.7. The first-order valence-electron chi connectivity index (χ1n) is 5.65. The van der Waals surface area contributed by atoms with Crippen molar-refractivity contribution < 1.29 is 70.7 Å². The van der Waals surface area contributed by atoms with Gasteiger partial charge in [0.25, 0.3) is 5.91 Å². The van der Waals surface area contributed by atoms with Gasteiger partial charge in [-0.3, -0.25) is 4.79 Å². The van der Waals surface area contributed by atoms with Gasteiger partial charge in [-0.25, -0.2) is 0 Å². The molecule has 18 heteroatoms. The third-order valence-electron chi connectivity index (χ3n) is 2.87. The van der Waals surface area contributed by atoms with Gasteiger partial charge in [0.15, 0.2) is 0 Å². The highest BCUT2D eigenvalue weighted by molar-refractivity contribution is 5.77. The monoisotopic (exact) mass is 441 g/mol. The summed E-state index contributed by atoms with van der Waals surface area (Å²) in [6.07, 6.45) is -11.1. The molecule has 0 aliphatic carbocycles. The van der Waals surface area contributed by atoms with Crippen LogP contribution in [0.1, 0.15) is 6.42 Å². The second-order valence-electron chi connectivity index (χ2n) is 4.74. The maximum Gasteiger partial charge on any atom is 0.460 e. The summed E-state index contributed by atoms with van der Waals surface area (Å²) in [5, 5.41) is 1.00. The van der Waals surface area contributed by atoms with Gasteiger partial charge in [-0.15, -0.1) is 4.91 Å². The van der Waals surface area contributed by atoms with Crippen LogP contribution in [0, 0.1) is 4.91 Å². The summed E-state index contributed by atoms with van der Waals surface area (Å²) < 4.78 is 190. The number of hydrogen-bond donors (Lipinski definition) is 0. The molecular weight excluding hydrogens is 439 g/mol. The van der Waals surface area contributed by atoms with Crippen LogP contribution in [0.15, 0.2) is 5.18 Å². The molecule has 3 nitrogen and oxygen atoms in total. The fourth-order valence-electron chi connectivity index (χ4n) is 1.33. The van der Waals surface area contributed by atoms with Crippen LogP contribution < -0.4 is 0 Å². The molecule has 0 unspecified atom stereocenters. The summed E-state index contributed by atoms with van der Waals surface area (Å²) >= 11 is 0. The molecule has 0 spiro atoms. The average molecular weight is 441 g/mol. The van der Waals surface area contributed by atoms with Crippen LogP contribution in [0.3, 0.4) is 0 Å². The largest absolute Gasteiger partial charge is 0.460 e. The number of carbonyl (C=O) groups excluding carboxylic acids is 1. The number of nitroso groups, excluding NO2 is 1. The Hall–Kier alpha value is -1.78. The molecule has 0 rings (SSSR count). The standard InChI is InChI=1S/C9H2F15NO2/c10-3(11,1-2(26)25-27)4(12,13)5(14,15)6(16,17)7(18,19)8(20,21)9(22,23)24/h1H2. The first kappa shape index (κ1) is 25.2. The highest BCUT2D eigenvalue weighted by Crippen LogP contribution is 2.62. The topological polar surface area (TPSA) is 46.5 Å². The van der Waals surface area contributed by atoms with E-state index in [2.05, 4.69) is 0 Å². The Labute approximate surface area is 136 Å². The lowest BCUT2D eigenvalue weighted by Gasteiger charge is -2.41. The van der Waals surface area contributed by atoms with Gasteiger partial charge in [-0.1, -0.05) is 0 Å². The fraction of sp³-hybridized carbons (Fsp3) is 0.889. The van der Waals surface area contributed by atoms with Gasteiger partial charge in [-0.05, 0) is 0 Å². The third kappa shape index (κ3) is 3.41. The lowest BCUT2D eigenvalue weighted by molar-refractivity contribution is -0.452. The number of amides is 1. The molecule has 160 valence electrons. The quantitative estimate of drug-likeness (QED) is 0.411. The number of carbonyl (C=O) groups is 1. The predicted molar refractivity (Wildman–Crippen MR) is 51.2 cm³/mol. The van der Waals surface area contributed by atoms with Crippen LogP contribution in [0.2, 0.25) is 0 Å². The molecule has 0 fully saturated rings. The van der Waals surface area contributed by atoms with Crippen LogP contribution in [0.5, 0.6) is 0 Å². The molecule has 0 radical (unpaired) electrons. The molecule has 0 aromatic heterocycles. The van der Waals surface area contributed by atoms with E-state index in [1.807, 2.05) is 0 Å². The van der Waals surface area contributed by atoms with Crippen molar-refractivity contribution in [3.05, 3.63) is 4.91 Å². The zero-order valence-corrected chi connectivity index (χ0v) is 11.6. The molecule has 0 bridgehead atoms. The summed E-state index contributed by atoms with van der Waals surface area (Å²) in [5.41, 5.74) is 0. The van der Waals surface area contributed by atoms with Crippen molar-refractivity contribution in [3.8, 4) is 0 Å². The number of rotatable bonds is 7. The fourth-order valence-corrected chi connectivity index (χ4v) is 1.33. The van der Waals surface area contributed by atoms with E-state index in [0.29, 0.717) is 0 Å². The van der Waals surface area contributed by atoms with E-state index in [1.54, 1.807) is 0 Å². The Morgan fingerprint density at radius 3 is 1.15 bits per heavy atom.